The molecule has 1 N–H and O–H groups in total. The minimum Gasteiger partial charge on any atom is -0.493 e. The summed E-state index contributed by atoms with van der Waals surface area (Å²) in [5, 5.41) is 16.0. The minimum atomic E-state index is -0.483. The van der Waals surface area contributed by atoms with Gasteiger partial charge in [0.25, 0.3) is 11.6 Å². The Morgan fingerprint density at radius 3 is 2.61 bits per heavy atom. The van der Waals surface area contributed by atoms with E-state index in [0.717, 1.165) is 5.56 Å². The Kier molecular flexibility index (Phi) is 5.55. The van der Waals surface area contributed by atoms with Crippen molar-refractivity contribution >= 4 is 28.6 Å². The highest BCUT2D eigenvalue weighted by atomic mass is 32.1. The van der Waals surface area contributed by atoms with Crippen molar-refractivity contribution in [2.75, 3.05) is 19.5 Å². The summed E-state index contributed by atoms with van der Waals surface area (Å²) in [6.07, 6.45) is 0. The lowest BCUT2D eigenvalue weighted by molar-refractivity contribution is -0.385. The highest BCUT2D eigenvalue weighted by molar-refractivity contribution is 7.13. The Morgan fingerprint density at radius 2 is 1.93 bits per heavy atom. The van der Waals surface area contributed by atoms with E-state index in [2.05, 4.69) is 10.3 Å². The Balaban J connectivity index is 1.84. The predicted molar refractivity (Wildman–Crippen MR) is 106 cm³/mol. The molecule has 0 unspecified atom stereocenters. The number of rotatable bonds is 6. The molecule has 1 heterocycles. The van der Waals surface area contributed by atoms with Crippen LogP contribution in [0.2, 0.25) is 0 Å². The molecule has 1 amide bonds. The monoisotopic (exact) mass is 399 g/mol. The number of nitro groups is 1. The van der Waals surface area contributed by atoms with Gasteiger partial charge >= 0.3 is 0 Å². The lowest BCUT2D eigenvalue weighted by Gasteiger charge is -2.08. The summed E-state index contributed by atoms with van der Waals surface area (Å²) in [4.78, 5) is 27.5. The van der Waals surface area contributed by atoms with Gasteiger partial charge in [0, 0.05) is 17.0 Å². The maximum absolute atomic E-state index is 12.5. The van der Waals surface area contributed by atoms with E-state index in [1.54, 1.807) is 44.7 Å². The summed E-state index contributed by atoms with van der Waals surface area (Å²) in [5.41, 5.74) is 1.71. The number of ether oxygens (including phenoxy) is 2. The second-order valence-electron chi connectivity index (χ2n) is 5.77. The first-order valence-corrected chi connectivity index (χ1v) is 9.06. The number of methoxy groups -OCH3 is 2. The Bertz CT molecular complexity index is 1050. The van der Waals surface area contributed by atoms with E-state index in [1.165, 1.54) is 23.5 Å². The topological polar surface area (TPSA) is 104 Å². The van der Waals surface area contributed by atoms with Crippen molar-refractivity contribution < 1.29 is 19.2 Å². The van der Waals surface area contributed by atoms with E-state index < -0.39 is 10.8 Å². The molecule has 2 aromatic carbocycles. The molecule has 3 aromatic rings. The van der Waals surface area contributed by atoms with Gasteiger partial charge in [-0.15, -0.1) is 11.3 Å². The van der Waals surface area contributed by atoms with Crippen LogP contribution >= 0.6 is 11.3 Å². The molecule has 1 aromatic heterocycles. The van der Waals surface area contributed by atoms with Crippen molar-refractivity contribution in [3.8, 4) is 22.1 Å². The number of hydrogen-bond acceptors (Lipinski definition) is 7. The third-order valence-corrected chi connectivity index (χ3v) is 5.01. The molecule has 8 nitrogen and oxygen atoms in total. The summed E-state index contributed by atoms with van der Waals surface area (Å²) >= 11 is 1.31. The van der Waals surface area contributed by atoms with Gasteiger partial charge in [0.2, 0.25) is 0 Å². The van der Waals surface area contributed by atoms with Crippen molar-refractivity contribution in [3.05, 3.63) is 63.1 Å². The molecule has 144 valence electrons. The van der Waals surface area contributed by atoms with Crippen molar-refractivity contribution in [2.45, 2.75) is 6.92 Å². The third-order valence-electron chi connectivity index (χ3n) is 4.12. The van der Waals surface area contributed by atoms with Crippen LogP contribution in [0.5, 0.6) is 11.5 Å². The fraction of sp³-hybridized carbons (Fsp3) is 0.158. The number of hydrogen-bond donors (Lipinski definition) is 1. The molecule has 28 heavy (non-hydrogen) atoms. The Morgan fingerprint density at radius 1 is 1.18 bits per heavy atom. The molecule has 3 rings (SSSR count). The first kappa shape index (κ1) is 19.3. The average Bonchev–Trinajstić information content (AvgIpc) is 3.19. The van der Waals surface area contributed by atoms with Gasteiger partial charge in [0.1, 0.15) is 10.7 Å². The fourth-order valence-corrected chi connectivity index (χ4v) is 3.42. The number of benzene rings is 2. The molecule has 9 heteroatoms. The number of carbonyl (C=O) groups is 1. The molecule has 0 aliphatic rings. The number of amides is 1. The molecule has 0 bridgehead atoms. The van der Waals surface area contributed by atoms with Crippen LogP contribution in [0.4, 0.5) is 11.4 Å². The lowest BCUT2D eigenvalue weighted by Crippen LogP contribution is -2.13. The zero-order valence-corrected chi connectivity index (χ0v) is 16.2. The maximum atomic E-state index is 12.5. The van der Waals surface area contributed by atoms with Crippen LogP contribution in [-0.2, 0) is 0 Å². The van der Waals surface area contributed by atoms with E-state index in [9.17, 15) is 14.9 Å². The summed E-state index contributed by atoms with van der Waals surface area (Å²) in [7, 11) is 3.10. The molecule has 0 aliphatic carbocycles. The Hall–Kier alpha value is -3.46. The zero-order valence-electron chi connectivity index (χ0n) is 15.4. The van der Waals surface area contributed by atoms with Gasteiger partial charge in [0.15, 0.2) is 11.5 Å². The molecular formula is C19H17N3O5S. The van der Waals surface area contributed by atoms with Crippen LogP contribution in [0.25, 0.3) is 10.6 Å². The minimum absolute atomic E-state index is 0.0536. The molecular weight excluding hydrogens is 382 g/mol. The van der Waals surface area contributed by atoms with E-state index in [1.807, 2.05) is 6.07 Å². The van der Waals surface area contributed by atoms with E-state index >= 15 is 0 Å². The number of thiazole rings is 1. The summed E-state index contributed by atoms with van der Waals surface area (Å²) in [6.45, 7) is 1.59. The van der Waals surface area contributed by atoms with Crippen molar-refractivity contribution in [2.24, 2.45) is 0 Å². The fourth-order valence-electron chi connectivity index (χ4n) is 2.62. The number of carbonyl (C=O) groups excluding carboxylic acids is 1. The van der Waals surface area contributed by atoms with Crippen LogP contribution in [0.3, 0.4) is 0 Å². The highest BCUT2D eigenvalue weighted by Gasteiger charge is 2.18. The number of anilines is 1. The average molecular weight is 399 g/mol. The first-order valence-electron chi connectivity index (χ1n) is 8.18. The van der Waals surface area contributed by atoms with Crippen molar-refractivity contribution in [1.29, 1.82) is 0 Å². The largest absolute Gasteiger partial charge is 0.493 e. The molecule has 0 aliphatic heterocycles. The van der Waals surface area contributed by atoms with Gasteiger partial charge < -0.3 is 14.8 Å². The summed E-state index contributed by atoms with van der Waals surface area (Å²) in [5.74, 6) is 0.724. The normalized spacial score (nSPS) is 10.4. The molecule has 0 atom stereocenters. The van der Waals surface area contributed by atoms with Crippen LogP contribution < -0.4 is 14.8 Å². The number of nitro benzene ring substituents is 1. The predicted octanol–water partition coefficient (Wildman–Crippen LogP) is 4.30. The molecule has 0 spiro atoms. The van der Waals surface area contributed by atoms with E-state index in [-0.39, 0.29) is 11.4 Å². The van der Waals surface area contributed by atoms with Crippen LogP contribution in [0.15, 0.2) is 41.8 Å². The smallest absolute Gasteiger partial charge is 0.275 e. The van der Waals surface area contributed by atoms with Crippen LogP contribution in [0.1, 0.15) is 16.1 Å². The first-order chi connectivity index (χ1) is 13.4. The summed E-state index contributed by atoms with van der Waals surface area (Å²) in [6, 6.07) is 9.90. The van der Waals surface area contributed by atoms with Gasteiger partial charge in [-0.3, -0.25) is 14.9 Å². The standard InChI is InChI=1S/C19H17N3O5S/c1-11-13(5-4-6-15(11)22(24)25)20-18(23)14-10-28-19(21-14)12-7-8-16(26-2)17(9-12)27-3/h4-10H,1-3H3,(H,20,23). The highest BCUT2D eigenvalue weighted by Crippen LogP contribution is 2.33. The molecule has 0 radical (unpaired) electrons. The Labute approximate surface area is 164 Å². The van der Waals surface area contributed by atoms with Crippen molar-refractivity contribution in [1.82, 2.24) is 4.98 Å². The lowest BCUT2D eigenvalue weighted by atomic mass is 10.1. The molecule has 0 saturated carbocycles. The third kappa shape index (κ3) is 3.79. The van der Waals surface area contributed by atoms with E-state index in [4.69, 9.17) is 9.47 Å². The second-order valence-corrected chi connectivity index (χ2v) is 6.63. The van der Waals surface area contributed by atoms with Gasteiger partial charge in [-0.05, 0) is 31.2 Å². The van der Waals surface area contributed by atoms with Crippen LogP contribution in [0, 0.1) is 17.0 Å². The quantitative estimate of drug-likeness (QED) is 0.490. The van der Waals surface area contributed by atoms with Crippen LogP contribution in [-0.4, -0.2) is 30.0 Å². The summed E-state index contributed by atoms with van der Waals surface area (Å²) < 4.78 is 10.5. The van der Waals surface area contributed by atoms with Gasteiger partial charge in [-0.1, -0.05) is 6.07 Å². The van der Waals surface area contributed by atoms with E-state index in [0.29, 0.717) is 27.8 Å². The molecule has 0 saturated heterocycles. The number of nitrogens with one attached hydrogen (secondary N) is 1. The number of nitrogens with zero attached hydrogens (tertiary/aromatic N) is 2. The number of aromatic nitrogens is 1. The second kappa shape index (κ2) is 8.05. The maximum Gasteiger partial charge on any atom is 0.275 e. The van der Waals surface area contributed by atoms with Crippen molar-refractivity contribution in [3.63, 3.8) is 0 Å². The van der Waals surface area contributed by atoms with Gasteiger partial charge in [0.05, 0.1) is 30.4 Å². The SMILES string of the molecule is COc1ccc(-c2nc(C(=O)Nc3cccc([N+](=O)[O-])c3C)cs2)cc1OC. The van der Waals surface area contributed by atoms with Gasteiger partial charge in [-0.25, -0.2) is 4.98 Å². The molecule has 0 fully saturated rings. The van der Waals surface area contributed by atoms with Gasteiger partial charge in [-0.2, -0.15) is 0 Å². The zero-order chi connectivity index (χ0) is 20.3.